The van der Waals surface area contributed by atoms with Gasteiger partial charge in [0.2, 0.25) is 0 Å². The van der Waals surface area contributed by atoms with E-state index in [9.17, 15) is 4.79 Å². The molecule has 2 aromatic heterocycles. The number of hydrogen-bond acceptors (Lipinski definition) is 6. The number of carbonyl (C=O) groups excluding carboxylic acids is 1. The molecule has 1 amide bonds. The van der Waals surface area contributed by atoms with Gasteiger partial charge in [-0.3, -0.25) is 4.79 Å². The van der Waals surface area contributed by atoms with Gasteiger partial charge in [0.15, 0.2) is 0 Å². The molecule has 3 heterocycles. The van der Waals surface area contributed by atoms with Crippen LogP contribution in [0.25, 0.3) is 0 Å². The fourth-order valence-corrected chi connectivity index (χ4v) is 3.71. The lowest BCUT2D eigenvalue weighted by molar-refractivity contribution is 0.0373. The Labute approximate surface area is 144 Å². The SMILES string of the molecule is NC1(n2cc([C@@H](NC(=O)c3ccsc3)C3CCCOC3)nn2)CC1. The van der Waals surface area contributed by atoms with Crippen LogP contribution in [0.2, 0.25) is 0 Å². The number of rotatable bonds is 5. The van der Waals surface area contributed by atoms with Crippen molar-refractivity contribution in [1.29, 1.82) is 0 Å². The summed E-state index contributed by atoms with van der Waals surface area (Å²) in [6.45, 7) is 1.40. The van der Waals surface area contributed by atoms with Crippen LogP contribution in [0.15, 0.2) is 23.0 Å². The summed E-state index contributed by atoms with van der Waals surface area (Å²) >= 11 is 1.51. The van der Waals surface area contributed by atoms with Gasteiger partial charge >= 0.3 is 0 Å². The van der Waals surface area contributed by atoms with Crippen LogP contribution in [0.3, 0.4) is 0 Å². The van der Waals surface area contributed by atoms with Crippen molar-refractivity contribution >= 4 is 17.2 Å². The molecule has 8 heteroatoms. The van der Waals surface area contributed by atoms with Crippen LogP contribution >= 0.6 is 11.3 Å². The van der Waals surface area contributed by atoms with Crippen LogP contribution in [-0.2, 0) is 10.4 Å². The highest BCUT2D eigenvalue weighted by molar-refractivity contribution is 7.08. The fourth-order valence-electron chi connectivity index (χ4n) is 3.07. The molecule has 2 fully saturated rings. The van der Waals surface area contributed by atoms with Crippen molar-refractivity contribution < 1.29 is 9.53 Å². The van der Waals surface area contributed by atoms with Crippen LogP contribution in [0.5, 0.6) is 0 Å². The summed E-state index contributed by atoms with van der Waals surface area (Å²) in [6, 6.07) is 1.61. The first-order chi connectivity index (χ1) is 11.7. The fraction of sp³-hybridized carbons (Fsp3) is 0.562. The molecule has 0 radical (unpaired) electrons. The Balaban J connectivity index is 1.57. The van der Waals surface area contributed by atoms with Crippen molar-refractivity contribution in [1.82, 2.24) is 20.3 Å². The van der Waals surface area contributed by atoms with Gasteiger partial charge in [0.05, 0.1) is 24.4 Å². The highest BCUT2D eigenvalue weighted by Crippen LogP contribution is 2.37. The molecule has 1 unspecified atom stereocenters. The summed E-state index contributed by atoms with van der Waals surface area (Å²) in [4.78, 5) is 12.5. The van der Waals surface area contributed by atoms with Gasteiger partial charge in [-0.25, -0.2) is 4.68 Å². The van der Waals surface area contributed by atoms with Crippen LogP contribution < -0.4 is 11.1 Å². The molecule has 2 atom stereocenters. The molecule has 1 saturated heterocycles. The number of aromatic nitrogens is 3. The van der Waals surface area contributed by atoms with Gasteiger partial charge < -0.3 is 15.8 Å². The number of nitrogens with zero attached hydrogens (tertiary/aromatic N) is 3. The highest BCUT2D eigenvalue weighted by Gasteiger charge is 2.42. The summed E-state index contributed by atoms with van der Waals surface area (Å²) in [7, 11) is 0. The summed E-state index contributed by atoms with van der Waals surface area (Å²) in [5.41, 5.74) is 7.22. The predicted octanol–water partition coefficient (Wildman–Crippen LogP) is 1.64. The molecule has 1 aliphatic heterocycles. The summed E-state index contributed by atoms with van der Waals surface area (Å²) in [5, 5.41) is 15.4. The third kappa shape index (κ3) is 3.09. The maximum atomic E-state index is 12.5. The van der Waals surface area contributed by atoms with Gasteiger partial charge in [-0.2, -0.15) is 11.3 Å². The zero-order valence-electron chi connectivity index (χ0n) is 13.4. The van der Waals surface area contributed by atoms with Gasteiger partial charge in [-0.05, 0) is 37.1 Å². The van der Waals surface area contributed by atoms with Crippen molar-refractivity contribution in [2.75, 3.05) is 13.2 Å². The first kappa shape index (κ1) is 15.7. The number of nitrogens with one attached hydrogen (secondary N) is 1. The standard InChI is InChI=1S/C16H21N5O2S/c17-16(4-5-16)21-8-13(19-20-21)14(11-2-1-6-23-9-11)18-15(22)12-3-7-24-10-12/h3,7-8,10-11,14H,1-2,4-6,9,17H2,(H,18,22)/t11?,14-/m0/s1. The largest absolute Gasteiger partial charge is 0.381 e. The lowest BCUT2D eigenvalue weighted by atomic mass is 9.91. The number of amides is 1. The third-order valence-electron chi connectivity index (χ3n) is 4.79. The molecule has 24 heavy (non-hydrogen) atoms. The zero-order chi connectivity index (χ0) is 16.6. The van der Waals surface area contributed by atoms with Crippen molar-refractivity contribution in [3.8, 4) is 0 Å². The van der Waals surface area contributed by atoms with Gasteiger partial charge in [0.25, 0.3) is 5.91 Å². The number of carbonyl (C=O) groups is 1. The van der Waals surface area contributed by atoms with Gasteiger partial charge in [-0.1, -0.05) is 5.21 Å². The van der Waals surface area contributed by atoms with Gasteiger partial charge in [0.1, 0.15) is 11.4 Å². The maximum absolute atomic E-state index is 12.5. The van der Waals surface area contributed by atoms with E-state index < -0.39 is 5.66 Å². The Morgan fingerprint density at radius 2 is 2.42 bits per heavy atom. The van der Waals surface area contributed by atoms with E-state index in [4.69, 9.17) is 10.5 Å². The minimum Gasteiger partial charge on any atom is -0.381 e. The van der Waals surface area contributed by atoms with E-state index in [1.807, 2.05) is 23.0 Å². The summed E-state index contributed by atoms with van der Waals surface area (Å²) < 4.78 is 7.35. The molecule has 0 bridgehead atoms. The molecule has 0 aromatic carbocycles. The molecule has 0 spiro atoms. The molecule has 3 N–H and O–H groups in total. The smallest absolute Gasteiger partial charge is 0.252 e. The molecule has 2 aliphatic rings. The molecule has 7 nitrogen and oxygen atoms in total. The number of hydrogen-bond donors (Lipinski definition) is 2. The summed E-state index contributed by atoms with van der Waals surface area (Å²) in [6.07, 6.45) is 5.68. The predicted molar refractivity (Wildman–Crippen MR) is 89.5 cm³/mol. The molecular formula is C16H21N5O2S. The second-order valence-electron chi connectivity index (χ2n) is 6.63. The van der Waals surface area contributed by atoms with Crippen molar-refractivity contribution in [3.63, 3.8) is 0 Å². The molecule has 1 saturated carbocycles. The van der Waals surface area contributed by atoms with E-state index in [0.717, 1.165) is 38.0 Å². The quantitative estimate of drug-likeness (QED) is 0.857. The highest BCUT2D eigenvalue weighted by atomic mass is 32.1. The molecular weight excluding hydrogens is 326 g/mol. The van der Waals surface area contributed by atoms with E-state index >= 15 is 0 Å². The molecule has 4 rings (SSSR count). The first-order valence-electron chi connectivity index (χ1n) is 8.28. The Hall–Kier alpha value is -1.77. The average Bonchev–Trinajstić information content (AvgIpc) is 3.04. The molecule has 2 aromatic rings. The minimum atomic E-state index is -0.393. The topological polar surface area (TPSA) is 95.1 Å². The number of nitrogens with two attached hydrogens (primary N) is 1. The minimum absolute atomic E-state index is 0.0877. The first-order valence-corrected chi connectivity index (χ1v) is 9.22. The van der Waals surface area contributed by atoms with Gasteiger partial charge in [0, 0.05) is 17.9 Å². The number of ether oxygens (including phenoxy) is 1. The second kappa shape index (κ2) is 6.27. The molecule has 1 aliphatic carbocycles. The normalized spacial score (nSPS) is 23.6. The van der Waals surface area contributed by atoms with E-state index in [-0.39, 0.29) is 17.9 Å². The lowest BCUT2D eigenvalue weighted by Gasteiger charge is -2.29. The van der Waals surface area contributed by atoms with Crippen molar-refractivity contribution in [3.05, 3.63) is 34.3 Å². The number of thiophene rings is 1. The van der Waals surface area contributed by atoms with Crippen LogP contribution in [0.1, 0.15) is 47.8 Å². The van der Waals surface area contributed by atoms with E-state index in [2.05, 4.69) is 15.6 Å². The Morgan fingerprint density at radius 1 is 1.54 bits per heavy atom. The zero-order valence-corrected chi connectivity index (χ0v) is 14.2. The van der Waals surface area contributed by atoms with E-state index in [1.165, 1.54) is 11.3 Å². The van der Waals surface area contributed by atoms with E-state index in [0.29, 0.717) is 12.2 Å². The lowest BCUT2D eigenvalue weighted by Crippen LogP contribution is -2.37. The van der Waals surface area contributed by atoms with Crippen LogP contribution in [-0.4, -0.2) is 34.1 Å². The Morgan fingerprint density at radius 3 is 3.08 bits per heavy atom. The second-order valence-corrected chi connectivity index (χ2v) is 7.41. The monoisotopic (exact) mass is 347 g/mol. The summed E-state index contributed by atoms with van der Waals surface area (Å²) in [5.74, 6) is 0.106. The maximum Gasteiger partial charge on any atom is 0.252 e. The van der Waals surface area contributed by atoms with E-state index in [1.54, 1.807) is 4.68 Å². The van der Waals surface area contributed by atoms with Crippen LogP contribution in [0.4, 0.5) is 0 Å². The van der Waals surface area contributed by atoms with Crippen LogP contribution in [0, 0.1) is 5.92 Å². The average molecular weight is 347 g/mol. The van der Waals surface area contributed by atoms with Crippen molar-refractivity contribution in [2.24, 2.45) is 11.7 Å². The Kier molecular flexibility index (Phi) is 4.11. The third-order valence-corrected chi connectivity index (χ3v) is 5.47. The molecule has 128 valence electrons. The Bertz CT molecular complexity index is 704. The van der Waals surface area contributed by atoms with Gasteiger partial charge in [-0.15, -0.1) is 5.10 Å². The van der Waals surface area contributed by atoms with Crippen molar-refractivity contribution in [2.45, 2.75) is 37.4 Å².